The lowest BCUT2D eigenvalue weighted by Gasteiger charge is -2.29. The van der Waals surface area contributed by atoms with Gasteiger partial charge in [-0.25, -0.2) is 17.6 Å². The van der Waals surface area contributed by atoms with Crippen LogP contribution in [0.1, 0.15) is 74.1 Å². The molecule has 1 aromatic rings. The first-order chi connectivity index (χ1) is 21.7. The molecule has 11 heteroatoms. The van der Waals surface area contributed by atoms with Gasteiger partial charge < -0.3 is 9.71 Å². The molecule has 4 nitrogen and oxygen atoms in total. The van der Waals surface area contributed by atoms with Gasteiger partial charge in [-0.1, -0.05) is 75.8 Å². The molecule has 1 aromatic carbocycles. The first kappa shape index (κ1) is 43.7. The van der Waals surface area contributed by atoms with E-state index in [0.29, 0.717) is 11.6 Å². The molecule has 0 aliphatic carbocycles. The van der Waals surface area contributed by atoms with Gasteiger partial charge in [-0.2, -0.15) is 0 Å². The summed E-state index contributed by atoms with van der Waals surface area (Å²) in [6.45, 7) is 21.0. The van der Waals surface area contributed by atoms with Crippen LogP contribution in [-0.2, 0) is 0 Å². The van der Waals surface area contributed by atoms with E-state index in [-0.39, 0.29) is 24.7 Å². The van der Waals surface area contributed by atoms with E-state index in [1.54, 1.807) is 23.9 Å². The maximum absolute atomic E-state index is 13.0. The molecule has 0 spiro atoms. The Kier molecular flexibility index (Phi) is 22.7. The molecule has 1 atom stereocenters. The zero-order chi connectivity index (χ0) is 35.3. The van der Waals surface area contributed by atoms with Crippen LogP contribution >= 0.6 is 23.4 Å². The molecule has 0 bridgehead atoms. The summed E-state index contributed by atoms with van der Waals surface area (Å²) in [5.74, 6) is -1.78. The summed E-state index contributed by atoms with van der Waals surface area (Å²) in [6, 6.07) is 5.74. The Bertz CT molecular complexity index is 1180. The van der Waals surface area contributed by atoms with Crippen LogP contribution in [-0.4, -0.2) is 73.5 Å². The number of amidine groups is 1. The summed E-state index contributed by atoms with van der Waals surface area (Å²) in [5.41, 5.74) is 3.69. The van der Waals surface area contributed by atoms with E-state index in [1.807, 2.05) is 65.9 Å². The van der Waals surface area contributed by atoms with E-state index in [1.165, 1.54) is 50.6 Å². The van der Waals surface area contributed by atoms with Crippen molar-refractivity contribution in [2.24, 2.45) is 9.98 Å². The number of alkyl halides is 3. The SMILES string of the molecule is C=C(S/C=C\C)C1=NCC(C(/C=C\C)=NC)=C2CCCN12.CC(C)F.C[B]N(CC)C(C)CC(F)(F)CC.Fc1cccc(Cl)c1. The Morgan fingerprint density at radius 3 is 2.35 bits per heavy atom. The molecule has 3 rings (SSSR count). The van der Waals surface area contributed by atoms with Gasteiger partial charge in [0.25, 0.3) is 0 Å². The van der Waals surface area contributed by atoms with Gasteiger partial charge in [-0.05, 0) is 76.8 Å². The minimum Gasteiger partial charge on any atom is -0.345 e. The molecule has 0 amide bonds. The third kappa shape index (κ3) is 17.0. The quantitative estimate of drug-likeness (QED) is 0.132. The fourth-order valence-electron chi connectivity index (χ4n) is 4.59. The van der Waals surface area contributed by atoms with Gasteiger partial charge >= 0.3 is 0 Å². The minimum atomic E-state index is -2.52. The molecule has 0 N–H and O–H groups in total. The Balaban J connectivity index is 0.000000687. The van der Waals surface area contributed by atoms with Gasteiger partial charge in [-0.15, -0.1) is 0 Å². The van der Waals surface area contributed by atoms with Crippen molar-refractivity contribution in [3.8, 4) is 0 Å². The van der Waals surface area contributed by atoms with Crippen LogP contribution in [0, 0.1) is 5.82 Å². The first-order valence-electron chi connectivity index (χ1n) is 15.8. The number of hydrogen-bond donors (Lipinski definition) is 0. The van der Waals surface area contributed by atoms with Crippen LogP contribution in [0.15, 0.2) is 80.6 Å². The van der Waals surface area contributed by atoms with Crippen molar-refractivity contribution < 1.29 is 17.6 Å². The maximum Gasteiger partial charge on any atom is 0.249 e. The number of allylic oxidation sites excluding steroid dienone is 4. The second-order valence-electron chi connectivity index (χ2n) is 10.7. The molecule has 0 aromatic heterocycles. The van der Waals surface area contributed by atoms with E-state index in [2.05, 4.69) is 28.0 Å². The second kappa shape index (κ2) is 23.9. The summed E-state index contributed by atoms with van der Waals surface area (Å²) in [6.07, 6.45) is 7.62. The van der Waals surface area contributed by atoms with E-state index in [4.69, 9.17) is 16.6 Å². The van der Waals surface area contributed by atoms with Crippen LogP contribution in [0.2, 0.25) is 11.8 Å². The number of fused-ring (bicyclic) bond motifs is 1. The molecule has 1 radical (unpaired) electrons. The summed E-state index contributed by atoms with van der Waals surface area (Å²) >= 11 is 7.05. The molecule has 1 fully saturated rings. The second-order valence-corrected chi connectivity index (χ2v) is 12.2. The van der Waals surface area contributed by atoms with Crippen molar-refractivity contribution in [1.82, 2.24) is 9.71 Å². The van der Waals surface area contributed by atoms with E-state index in [9.17, 15) is 17.6 Å². The van der Waals surface area contributed by atoms with Gasteiger partial charge in [0, 0.05) is 53.7 Å². The number of aliphatic imine (C=N–C) groups is 2. The van der Waals surface area contributed by atoms with Crippen molar-refractivity contribution in [3.63, 3.8) is 0 Å². The molecule has 46 heavy (non-hydrogen) atoms. The lowest BCUT2D eigenvalue weighted by Crippen LogP contribution is -2.38. The zero-order valence-corrected chi connectivity index (χ0v) is 30.7. The lowest BCUT2D eigenvalue weighted by molar-refractivity contribution is -0.0256. The minimum absolute atomic E-state index is 0.0539. The molecule has 1 saturated heterocycles. The highest BCUT2D eigenvalue weighted by Gasteiger charge is 2.31. The molecular weight excluding hydrogens is 631 g/mol. The Hall–Kier alpha value is -2.30. The monoisotopic (exact) mass is 683 g/mol. The maximum atomic E-state index is 13.0. The van der Waals surface area contributed by atoms with Crippen molar-refractivity contribution in [1.29, 1.82) is 0 Å². The fraction of sp³-hybridized carbons (Fsp3) is 0.543. The van der Waals surface area contributed by atoms with Crippen molar-refractivity contribution >= 4 is 42.3 Å². The molecule has 2 heterocycles. The number of thioether (sulfide) groups is 1. The molecule has 2 aliphatic rings. The molecule has 0 saturated carbocycles. The van der Waals surface area contributed by atoms with Crippen LogP contribution < -0.4 is 0 Å². The predicted octanol–water partition coefficient (Wildman–Crippen LogP) is 10.8. The molecular formula is C35H53BClF4N4S. The zero-order valence-electron chi connectivity index (χ0n) is 29.1. The molecule has 1 unspecified atom stereocenters. The van der Waals surface area contributed by atoms with E-state index >= 15 is 0 Å². The van der Waals surface area contributed by atoms with Gasteiger partial charge in [0.05, 0.1) is 18.4 Å². The van der Waals surface area contributed by atoms with Gasteiger partial charge in [0.2, 0.25) is 13.3 Å². The summed E-state index contributed by atoms with van der Waals surface area (Å²) < 4.78 is 49.1. The summed E-state index contributed by atoms with van der Waals surface area (Å²) in [5, 5.41) is 2.49. The van der Waals surface area contributed by atoms with Crippen molar-refractivity contribution in [2.45, 2.75) is 99.1 Å². The number of benzene rings is 1. The van der Waals surface area contributed by atoms with Crippen LogP contribution in [0.4, 0.5) is 17.6 Å². The summed E-state index contributed by atoms with van der Waals surface area (Å²) in [4.78, 5) is 14.5. The van der Waals surface area contributed by atoms with Gasteiger partial charge in [0.1, 0.15) is 11.7 Å². The fourth-order valence-corrected chi connectivity index (χ4v) is 5.35. The van der Waals surface area contributed by atoms with Crippen LogP contribution in [0.3, 0.4) is 0 Å². The molecule has 2 aliphatic heterocycles. The average Bonchev–Trinajstić information content (AvgIpc) is 3.49. The number of hydrogen-bond acceptors (Lipinski definition) is 5. The highest BCUT2D eigenvalue weighted by Crippen LogP contribution is 2.33. The predicted molar refractivity (Wildman–Crippen MR) is 196 cm³/mol. The van der Waals surface area contributed by atoms with Crippen molar-refractivity contribution in [3.05, 3.63) is 81.5 Å². The Morgan fingerprint density at radius 1 is 1.24 bits per heavy atom. The average molecular weight is 684 g/mol. The normalized spacial score (nSPS) is 15.5. The van der Waals surface area contributed by atoms with Crippen molar-refractivity contribution in [2.75, 3.05) is 26.7 Å². The molecule has 257 valence electrons. The number of rotatable bonds is 11. The summed E-state index contributed by atoms with van der Waals surface area (Å²) in [7, 11) is 3.72. The number of nitrogens with zero attached hydrogens (tertiary/aromatic N) is 4. The standard InChI is InChI=1S/C17H23N3S.C9H19BF2N.C6H4ClF.C3H7F/c1-5-8-15(18-4)14-12-19-17(13(3)21-11-6-2)20-10-7-9-16(14)20;1-5-9(11,12)7-8(3)13(6-2)10-4;7-5-2-1-3-6(8)4-5;1-3(2)4/h5-6,8,11H,3,7,9-10,12H2,1-2,4H3;8H,5-7H2,1-4H3;1-4H;3H,1-2H3/b8-5-,11-6-,18-15?;;;. The smallest absolute Gasteiger partial charge is 0.249 e. The number of halogens is 5. The lowest BCUT2D eigenvalue weighted by atomic mass is 9.91. The Labute approximate surface area is 286 Å². The highest BCUT2D eigenvalue weighted by atomic mass is 35.5. The van der Waals surface area contributed by atoms with Gasteiger partial charge in [-0.3, -0.25) is 9.98 Å². The van der Waals surface area contributed by atoms with Crippen LogP contribution in [0.5, 0.6) is 0 Å². The van der Waals surface area contributed by atoms with Crippen LogP contribution in [0.25, 0.3) is 0 Å². The first-order valence-corrected chi connectivity index (χ1v) is 17.1. The largest absolute Gasteiger partial charge is 0.345 e. The third-order valence-corrected chi connectivity index (χ3v) is 7.85. The topological polar surface area (TPSA) is 31.2 Å². The third-order valence-electron chi connectivity index (χ3n) is 6.74. The van der Waals surface area contributed by atoms with E-state index in [0.717, 1.165) is 36.0 Å². The highest BCUT2D eigenvalue weighted by molar-refractivity contribution is 8.06. The van der Waals surface area contributed by atoms with Gasteiger partial charge in [0.15, 0.2) is 0 Å². The Morgan fingerprint density at radius 2 is 1.89 bits per heavy atom. The van der Waals surface area contributed by atoms with E-state index < -0.39 is 12.1 Å².